The second-order valence-corrected chi connectivity index (χ2v) is 6.21. The van der Waals surface area contributed by atoms with Gasteiger partial charge in [-0.25, -0.2) is 15.0 Å². The van der Waals surface area contributed by atoms with Crippen molar-refractivity contribution < 1.29 is 0 Å². The molecule has 2 aromatic carbocycles. The molecule has 3 rings (SSSR count). The number of allylic oxidation sites excluding steroid dienone is 3. The van der Waals surface area contributed by atoms with E-state index in [1.165, 1.54) is 0 Å². The molecule has 3 aromatic rings. The van der Waals surface area contributed by atoms with Crippen LogP contribution in [0.15, 0.2) is 79.7 Å². The Morgan fingerprint density at radius 2 is 1.60 bits per heavy atom. The Hall–Kier alpha value is -3.07. The van der Waals surface area contributed by atoms with E-state index in [0.717, 1.165) is 22.3 Å². The molecule has 25 heavy (non-hydrogen) atoms. The second-order valence-electron chi connectivity index (χ2n) is 6.21. The maximum atomic E-state index is 4.62. The molecule has 0 atom stereocenters. The topological polar surface area (TPSA) is 38.7 Å². The van der Waals surface area contributed by atoms with Crippen LogP contribution in [-0.2, 0) is 0 Å². The van der Waals surface area contributed by atoms with Gasteiger partial charge in [0.2, 0.25) is 0 Å². The van der Waals surface area contributed by atoms with Gasteiger partial charge in [-0.3, -0.25) is 0 Å². The van der Waals surface area contributed by atoms with Gasteiger partial charge >= 0.3 is 0 Å². The number of rotatable bonds is 5. The van der Waals surface area contributed by atoms with E-state index in [-0.39, 0.29) is 0 Å². The first-order valence-electron chi connectivity index (χ1n) is 8.36. The van der Waals surface area contributed by atoms with Crippen molar-refractivity contribution in [3.05, 3.63) is 85.2 Å². The molecule has 0 amide bonds. The fourth-order valence-electron chi connectivity index (χ4n) is 2.42. The summed E-state index contributed by atoms with van der Waals surface area (Å²) in [6.07, 6.45) is 5.77. The van der Waals surface area contributed by atoms with Gasteiger partial charge in [-0.2, -0.15) is 0 Å². The Morgan fingerprint density at radius 1 is 0.920 bits per heavy atom. The van der Waals surface area contributed by atoms with Crippen LogP contribution in [0.25, 0.3) is 28.3 Å². The summed E-state index contributed by atoms with van der Waals surface area (Å²) in [6.45, 7) is 8.45. The minimum absolute atomic E-state index is 0.497. The van der Waals surface area contributed by atoms with Crippen LogP contribution >= 0.6 is 0 Å². The van der Waals surface area contributed by atoms with E-state index in [2.05, 4.69) is 59.7 Å². The van der Waals surface area contributed by atoms with Crippen molar-refractivity contribution in [2.45, 2.75) is 13.8 Å². The van der Waals surface area contributed by atoms with Crippen molar-refractivity contribution in [2.75, 3.05) is 0 Å². The summed E-state index contributed by atoms with van der Waals surface area (Å²) in [6, 6.07) is 18.0. The van der Waals surface area contributed by atoms with Crippen LogP contribution in [0.4, 0.5) is 0 Å². The van der Waals surface area contributed by atoms with Crippen molar-refractivity contribution in [1.29, 1.82) is 0 Å². The third-order valence-electron chi connectivity index (χ3n) is 3.78. The van der Waals surface area contributed by atoms with E-state index in [4.69, 9.17) is 0 Å². The van der Waals surface area contributed by atoms with E-state index in [1.54, 1.807) is 6.33 Å². The molecule has 1 aromatic heterocycles. The van der Waals surface area contributed by atoms with Crippen molar-refractivity contribution in [3.63, 3.8) is 0 Å². The predicted octanol–water partition coefficient (Wildman–Crippen LogP) is 5.43. The Morgan fingerprint density at radius 3 is 2.32 bits per heavy atom. The zero-order chi connectivity index (χ0) is 17.6. The monoisotopic (exact) mass is 327 g/mol. The smallest absolute Gasteiger partial charge is 0.163 e. The molecular formula is C22H21N3. The Bertz CT molecular complexity index is 896. The van der Waals surface area contributed by atoms with Gasteiger partial charge in [0.15, 0.2) is 11.6 Å². The molecule has 3 nitrogen and oxygen atoms in total. The first-order valence-corrected chi connectivity index (χ1v) is 8.36. The average molecular weight is 327 g/mol. The highest BCUT2D eigenvalue weighted by molar-refractivity contribution is 5.75. The van der Waals surface area contributed by atoms with Crippen LogP contribution < -0.4 is 0 Å². The maximum Gasteiger partial charge on any atom is 0.163 e. The van der Waals surface area contributed by atoms with Gasteiger partial charge in [0.1, 0.15) is 6.33 Å². The zero-order valence-corrected chi connectivity index (χ0v) is 14.6. The molecule has 3 heteroatoms. The summed E-state index contributed by atoms with van der Waals surface area (Å²) in [7, 11) is 0. The van der Waals surface area contributed by atoms with Crippen LogP contribution in [0.2, 0.25) is 0 Å². The van der Waals surface area contributed by atoms with Crippen molar-refractivity contribution in [2.24, 2.45) is 5.92 Å². The van der Waals surface area contributed by atoms with E-state index in [0.29, 0.717) is 17.6 Å². The summed E-state index contributed by atoms with van der Waals surface area (Å²) in [5.41, 5.74) is 3.98. The Labute approximate surface area is 148 Å². The lowest BCUT2D eigenvalue weighted by atomic mass is 10.0. The second kappa shape index (κ2) is 7.67. The standard InChI is InChI=1S/C22H21N3/c1-16(2)12-13-17(3)19-10-7-11-20(14-19)22-24-15-23-21(25-22)18-8-5-4-6-9-18/h4-16H,3H2,1-2H3/b13-12-. The molecule has 0 aliphatic rings. The normalized spacial score (nSPS) is 11.2. The lowest BCUT2D eigenvalue weighted by Crippen LogP contribution is -1.95. The van der Waals surface area contributed by atoms with Gasteiger partial charge in [0, 0.05) is 11.1 Å². The first kappa shape index (κ1) is 16.8. The minimum Gasteiger partial charge on any atom is -0.217 e. The Balaban J connectivity index is 1.93. The van der Waals surface area contributed by atoms with Gasteiger partial charge in [-0.15, -0.1) is 0 Å². The van der Waals surface area contributed by atoms with Crippen LogP contribution in [0, 0.1) is 5.92 Å². The minimum atomic E-state index is 0.497. The molecule has 0 radical (unpaired) electrons. The summed E-state index contributed by atoms with van der Waals surface area (Å²) in [5, 5.41) is 0. The number of hydrogen-bond acceptors (Lipinski definition) is 3. The molecule has 0 N–H and O–H groups in total. The summed E-state index contributed by atoms with van der Waals surface area (Å²) < 4.78 is 0. The van der Waals surface area contributed by atoms with Crippen molar-refractivity contribution >= 4 is 5.57 Å². The van der Waals surface area contributed by atoms with E-state index in [1.807, 2.05) is 42.5 Å². The number of benzene rings is 2. The summed E-state index contributed by atoms with van der Waals surface area (Å²) in [5.74, 6) is 1.84. The van der Waals surface area contributed by atoms with Gasteiger partial charge in [-0.1, -0.05) is 81.1 Å². The van der Waals surface area contributed by atoms with Crippen LogP contribution in [0.5, 0.6) is 0 Å². The van der Waals surface area contributed by atoms with E-state index >= 15 is 0 Å². The number of hydrogen-bond donors (Lipinski definition) is 0. The van der Waals surface area contributed by atoms with Crippen molar-refractivity contribution in [3.8, 4) is 22.8 Å². The fraction of sp³-hybridized carbons (Fsp3) is 0.136. The third kappa shape index (κ3) is 4.27. The molecule has 0 saturated carbocycles. The lowest BCUT2D eigenvalue weighted by molar-refractivity contribution is 0.832. The summed E-state index contributed by atoms with van der Waals surface area (Å²) in [4.78, 5) is 13.2. The Kier molecular flexibility index (Phi) is 5.14. The van der Waals surface area contributed by atoms with Crippen LogP contribution in [-0.4, -0.2) is 15.0 Å². The van der Waals surface area contributed by atoms with Crippen LogP contribution in [0.3, 0.4) is 0 Å². The molecule has 0 aliphatic carbocycles. The lowest BCUT2D eigenvalue weighted by Gasteiger charge is -2.06. The highest BCUT2D eigenvalue weighted by Crippen LogP contribution is 2.23. The maximum absolute atomic E-state index is 4.62. The molecule has 0 saturated heterocycles. The highest BCUT2D eigenvalue weighted by Gasteiger charge is 2.07. The van der Waals surface area contributed by atoms with Gasteiger partial charge in [0.25, 0.3) is 0 Å². The highest BCUT2D eigenvalue weighted by atomic mass is 15.0. The third-order valence-corrected chi connectivity index (χ3v) is 3.78. The fourth-order valence-corrected chi connectivity index (χ4v) is 2.42. The summed E-state index contributed by atoms with van der Waals surface area (Å²) >= 11 is 0. The number of aromatic nitrogens is 3. The van der Waals surface area contributed by atoms with Gasteiger partial charge in [0.05, 0.1) is 0 Å². The van der Waals surface area contributed by atoms with E-state index in [9.17, 15) is 0 Å². The molecule has 0 aliphatic heterocycles. The molecule has 0 unspecified atom stereocenters. The predicted molar refractivity (Wildman–Crippen MR) is 104 cm³/mol. The van der Waals surface area contributed by atoms with Gasteiger partial charge < -0.3 is 0 Å². The molecule has 0 bridgehead atoms. The largest absolute Gasteiger partial charge is 0.217 e. The average Bonchev–Trinajstić information content (AvgIpc) is 2.67. The SMILES string of the molecule is C=C(/C=C\C(C)C)c1cccc(-c2ncnc(-c3ccccc3)n2)c1. The molecule has 1 heterocycles. The first-order chi connectivity index (χ1) is 12.1. The molecule has 124 valence electrons. The molecular weight excluding hydrogens is 306 g/mol. The number of nitrogens with zero attached hydrogens (tertiary/aromatic N) is 3. The quantitative estimate of drug-likeness (QED) is 0.586. The van der Waals surface area contributed by atoms with E-state index < -0.39 is 0 Å². The van der Waals surface area contributed by atoms with Gasteiger partial charge in [-0.05, 0) is 23.1 Å². The van der Waals surface area contributed by atoms with Crippen LogP contribution in [0.1, 0.15) is 19.4 Å². The zero-order valence-electron chi connectivity index (χ0n) is 14.6. The molecule has 0 fully saturated rings. The molecule has 0 spiro atoms. The van der Waals surface area contributed by atoms with Crippen molar-refractivity contribution in [1.82, 2.24) is 15.0 Å².